The molecule has 0 spiro atoms. The molecule has 1 saturated heterocycles. The van der Waals surface area contributed by atoms with Crippen LogP contribution in [0.25, 0.3) is 11.8 Å². The van der Waals surface area contributed by atoms with Crippen molar-refractivity contribution in [2.45, 2.75) is 27.7 Å². The van der Waals surface area contributed by atoms with Crippen LogP contribution in [0.15, 0.2) is 35.2 Å². The number of carbonyl (C=O) groups is 2. The number of hydrogen-bond acceptors (Lipinski definition) is 5. The minimum Gasteiger partial charge on any atom is -0.462 e. The molecule has 1 aromatic heterocycles. The van der Waals surface area contributed by atoms with Crippen molar-refractivity contribution < 1.29 is 14.3 Å². The highest BCUT2D eigenvalue weighted by atomic mass is 32.2. The molecule has 1 fully saturated rings. The molecule has 3 rings (SSSR count). The van der Waals surface area contributed by atoms with Gasteiger partial charge in [0.25, 0.3) is 5.91 Å². The zero-order valence-corrected chi connectivity index (χ0v) is 17.9. The molecule has 1 amide bonds. The standard InChI is InChI=1S/C21H22N2O3S2/c1-5-22-19(24)18(28-21(22)27)12-16-11-13(3)23(14(16)4)17-9-7-15(8-10-17)20(25)26-6-2/h7-12H,5-6H2,1-4H3. The molecule has 0 bridgehead atoms. The van der Waals surface area contributed by atoms with E-state index in [1.807, 2.05) is 45.0 Å². The van der Waals surface area contributed by atoms with E-state index >= 15 is 0 Å². The SMILES string of the molecule is CCOC(=O)c1ccc(-n2c(C)cc(C=C3SC(=S)N(CC)C3=O)c2C)cc1. The van der Waals surface area contributed by atoms with Crippen LogP contribution in [-0.2, 0) is 9.53 Å². The number of aromatic nitrogens is 1. The smallest absolute Gasteiger partial charge is 0.338 e. The molecule has 146 valence electrons. The summed E-state index contributed by atoms with van der Waals surface area (Å²) in [6.45, 7) is 8.66. The van der Waals surface area contributed by atoms with Crippen molar-refractivity contribution in [3.8, 4) is 5.69 Å². The van der Waals surface area contributed by atoms with Crippen molar-refractivity contribution in [3.63, 3.8) is 0 Å². The number of thiocarbonyl (C=S) groups is 1. The molecule has 0 radical (unpaired) electrons. The van der Waals surface area contributed by atoms with Crippen LogP contribution in [0.5, 0.6) is 0 Å². The van der Waals surface area contributed by atoms with Crippen molar-refractivity contribution in [2.24, 2.45) is 0 Å². The van der Waals surface area contributed by atoms with E-state index in [4.69, 9.17) is 17.0 Å². The first-order valence-corrected chi connectivity index (χ1v) is 10.3. The molecule has 2 aromatic rings. The Balaban J connectivity index is 1.93. The number of rotatable bonds is 5. The molecule has 1 aromatic carbocycles. The maximum Gasteiger partial charge on any atom is 0.338 e. The molecule has 0 atom stereocenters. The van der Waals surface area contributed by atoms with Crippen molar-refractivity contribution in [1.82, 2.24) is 9.47 Å². The fourth-order valence-corrected chi connectivity index (χ4v) is 4.58. The Hall–Kier alpha value is -2.38. The predicted molar refractivity (Wildman–Crippen MR) is 117 cm³/mol. The first-order valence-electron chi connectivity index (χ1n) is 9.09. The summed E-state index contributed by atoms with van der Waals surface area (Å²) in [6.07, 6.45) is 1.90. The molecular formula is C21H22N2O3S2. The largest absolute Gasteiger partial charge is 0.462 e. The lowest BCUT2D eigenvalue weighted by Crippen LogP contribution is -2.27. The number of esters is 1. The van der Waals surface area contributed by atoms with Crippen LogP contribution >= 0.6 is 24.0 Å². The summed E-state index contributed by atoms with van der Waals surface area (Å²) < 4.78 is 7.73. The highest BCUT2D eigenvalue weighted by molar-refractivity contribution is 8.26. The van der Waals surface area contributed by atoms with Crippen LogP contribution in [0.1, 0.15) is 41.2 Å². The van der Waals surface area contributed by atoms with E-state index < -0.39 is 0 Å². The summed E-state index contributed by atoms with van der Waals surface area (Å²) in [5.41, 5.74) is 4.51. The van der Waals surface area contributed by atoms with Crippen LogP contribution < -0.4 is 0 Å². The van der Waals surface area contributed by atoms with Gasteiger partial charge in [-0.15, -0.1) is 0 Å². The lowest BCUT2D eigenvalue weighted by molar-refractivity contribution is -0.121. The number of amides is 1. The topological polar surface area (TPSA) is 51.5 Å². The average Bonchev–Trinajstić information content (AvgIpc) is 3.10. The molecule has 0 N–H and O–H groups in total. The number of nitrogens with zero attached hydrogens (tertiary/aromatic N) is 2. The third-order valence-electron chi connectivity index (χ3n) is 4.58. The molecule has 1 aliphatic rings. The summed E-state index contributed by atoms with van der Waals surface area (Å²) in [5.74, 6) is -0.366. The van der Waals surface area contributed by atoms with Crippen molar-refractivity contribution in [1.29, 1.82) is 0 Å². The first-order chi connectivity index (χ1) is 13.4. The van der Waals surface area contributed by atoms with Crippen molar-refractivity contribution >= 4 is 46.3 Å². The molecule has 5 nitrogen and oxygen atoms in total. The van der Waals surface area contributed by atoms with Gasteiger partial charge in [-0.1, -0.05) is 24.0 Å². The van der Waals surface area contributed by atoms with Gasteiger partial charge in [0, 0.05) is 23.6 Å². The molecule has 2 heterocycles. The second kappa shape index (κ2) is 8.32. The Morgan fingerprint density at radius 2 is 1.89 bits per heavy atom. The van der Waals surface area contributed by atoms with Crippen LogP contribution in [0.4, 0.5) is 0 Å². The van der Waals surface area contributed by atoms with Gasteiger partial charge in [0.2, 0.25) is 0 Å². The van der Waals surface area contributed by atoms with Crippen molar-refractivity contribution in [3.05, 3.63) is 57.8 Å². The maximum absolute atomic E-state index is 12.5. The van der Waals surface area contributed by atoms with E-state index in [1.165, 1.54) is 11.8 Å². The van der Waals surface area contributed by atoms with E-state index in [2.05, 4.69) is 4.57 Å². The Morgan fingerprint density at radius 1 is 1.21 bits per heavy atom. The predicted octanol–water partition coefficient (Wildman–Crippen LogP) is 4.49. The third-order valence-corrected chi connectivity index (χ3v) is 5.96. The summed E-state index contributed by atoms with van der Waals surface area (Å²) >= 11 is 6.63. The lowest BCUT2D eigenvalue weighted by Gasteiger charge is -2.11. The Labute approximate surface area is 174 Å². The van der Waals surface area contributed by atoms with Crippen LogP contribution in [0.3, 0.4) is 0 Å². The van der Waals surface area contributed by atoms with Gasteiger partial charge in [-0.3, -0.25) is 9.69 Å². The summed E-state index contributed by atoms with van der Waals surface area (Å²) in [7, 11) is 0. The van der Waals surface area contributed by atoms with Gasteiger partial charge < -0.3 is 9.30 Å². The fourth-order valence-electron chi connectivity index (χ4n) is 3.21. The van der Waals surface area contributed by atoms with Crippen LogP contribution in [-0.4, -0.2) is 38.8 Å². The fraction of sp³-hybridized carbons (Fsp3) is 0.286. The zero-order chi connectivity index (χ0) is 20.4. The van der Waals surface area contributed by atoms with Gasteiger partial charge in [-0.05, 0) is 69.7 Å². The summed E-state index contributed by atoms with van der Waals surface area (Å²) in [6, 6.07) is 9.36. The van der Waals surface area contributed by atoms with Gasteiger partial charge in [0.05, 0.1) is 17.1 Å². The third kappa shape index (κ3) is 3.77. The van der Waals surface area contributed by atoms with Gasteiger partial charge >= 0.3 is 5.97 Å². The van der Waals surface area contributed by atoms with E-state index in [1.54, 1.807) is 24.0 Å². The highest BCUT2D eigenvalue weighted by Crippen LogP contribution is 2.33. The molecule has 7 heteroatoms. The minimum atomic E-state index is -0.325. The van der Waals surface area contributed by atoms with E-state index in [-0.39, 0.29) is 11.9 Å². The molecule has 0 aliphatic carbocycles. The van der Waals surface area contributed by atoms with Crippen molar-refractivity contribution in [2.75, 3.05) is 13.2 Å². The maximum atomic E-state index is 12.5. The lowest BCUT2D eigenvalue weighted by atomic mass is 10.2. The Bertz CT molecular complexity index is 974. The number of hydrogen-bond donors (Lipinski definition) is 0. The molecule has 0 unspecified atom stereocenters. The Kier molecular flexibility index (Phi) is 6.05. The first kappa shape index (κ1) is 20.4. The molecular weight excluding hydrogens is 392 g/mol. The van der Waals surface area contributed by atoms with Gasteiger partial charge in [0.1, 0.15) is 4.32 Å². The number of thioether (sulfide) groups is 1. The number of aryl methyl sites for hydroxylation is 1. The minimum absolute atomic E-state index is 0.0407. The van der Waals surface area contributed by atoms with Crippen LogP contribution in [0.2, 0.25) is 0 Å². The molecule has 0 saturated carbocycles. The number of benzene rings is 1. The normalized spacial score (nSPS) is 15.6. The second-order valence-electron chi connectivity index (χ2n) is 6.36. The van der Waals surface area contributed by atoms with E-state index in [0.29, 0.717) is 27.9 Å². The highest BCUT2D eigenvalue weighted by Gasteiger charge is 2.30. The van der Waals surface area contributed by atoms with Gasteiger partial charge in [0.15, 0.2) is 0 Å². The monoisotopic (exact) mass is 414 g/mol. The van der Waals surface area contributed by atoms with Gasteiger partial charge in [-0.2, -0.15) is 0 Å². The second-order valence-corrected chi connectivity index (χ2v) is 8.03. The van der Waals surface area contributed by atoms with E-state index in [0.717, 1.165) is 22.6 Å². The molecule has 1 aliphatic heterocycles. The van der Waals surface area contributed by atoms with Gasteiger partial charge in [-0.25, -0.2) is 4.79 Å². The Morgan fingerprint density at radius 3 is 2.46 bits per heavy atom. The number of ether oxygens (including phenoxy) is 1. The number of carbonyl (C=O) groups excluding carboxylic acids is 2. The number of likely N-dealkylation sites (N-methyl/N-ethyl adjacent to an activating group) is 1. The average molecular weight is 415 g/mol. The quantitative estimate of drug-likeness (QED) is 0.410. The summed E-state index contributed by atoms with van der Waals surface area (Å²) in [5, 5.41) is 0. The summed E-state index contributed by atoms with van der Waals surface area (Å²) in [4.78, 5) is 26.6. The van der Waals surface area contributed by atoms with E-state index in [9.17, 15) is 9.59 Å². The molecule has 28 heavy (non-hydrogen) atoms. The zero-order valence-electron chi connectivity index (χ0n) is 16.3. The van der Waals surface area contributed by atoms with Crippen LogP contribution in [0, 0.1) is 13.8 Å².